The van der Waals surface area contributed by atoms with Crippen molar-refractivity contribution in [2.75, 3.05) is 20.6 Å². The van der Waals surface area contributed by atoms with Crippen molar-refractivity contribution in [1.82, 2.24) is 4.90 Å². The Bertz CT molecular complexity index is 150. The molecule has 0 radical (unpaired) electrons. The van der Waals surface area contributed by atoms with Crippen LogP contribution >= 0.6 is 0 Å². The van der Waals surface area contributed by atoms with Gasteiger partial charge in [-0.05, 0) is 26.9 Å². The molecule has 0 amide bonds. The lowest BCUT2D eigenvalue weighted by molar-refractivity contribution is 0.449. The molecule has 0 saturated carbocycles. The topological polar surface area (TPSA) is 3.24 Å². The van der Waals surface area contributed by atoms with E-state index in [1.165, 1.54) is 19.4 Å². The quantitative estimate of drug-likeness (QED) is 0.525. The van der Waals surface area contributed by atoms with Crippen molar-refractivity contribution in [2.24, 2.45) is 0 Å². The second-order valence-corrected chi connectivity index (χ2v) is 3.01. The van der Waals surface area contributed by atoms with Crippen LogP contribution in [-0.2, 0) is 0 Å². The van der Waals surface area contributed by atoms with Crippen molar-refractivity contribution in [3.63, 3.8) is 0 Å². The average molecular weight is 137 g/mol. The summed E-state index contributed by atoms with van der Waals surface area (Å²) in [6.45, 7) is 1.17. The van der Waals surface area contributed by atoms with Gasteiger partial charge in [-0.15, -0.1) is 0 Å². The van der Waals surface area contributed by atoms with E-state index in [1.54, 1.807) is 5.57 Å². The van der Waals surface area contributed by atoms with E-state index in [-0.39, 0.29) is 0 Å². The molecular formula is C9H15N. The maximum Gasteiger partial charge on any atom is 0.0189 e. The van der Waals surface area contributed by atoms with Crippen LogP contribution in [0, 0.1) is 0 Å². The normalized spacial score (nSPS) is 17.7. The third-order valence-corrected chi connectivity index (χ3v) is 1.25. The summed E-state index contributed by atoms with van der Waals surface area (Å²) in [4.78, 5) is 2.19. The highest BCUT2D eigenvalue weighted by atomic mass is 15.1. The van der Waals surface area contributed by atoms with Gasteiger partial charge in [0.1, 0.15) is 0 Å². The maximum atomic E-state index is 2.26. The smallest absolute Gasteiger partial charge is 0.0189 e. The second-order valence-electron chi connectivity index (χ2n) is 3.01. The Morgan fingerprint density at radius 1 is 1.40 bits per heavy atom. The first-order chi connectivity index (χ1) is 4.79. The number of hydrogen-bond acceptors (Lipinski definition) is 1. The largest absolute Gasteiger partial charge is 0.305 e. The van der Waals surface area contributed by atoms with Gasteiger partial charge >= 0.3 is 0 Å². The number of hydrogen-bond donors (Lipinski definition) is 0. The monoisotopic (exact) mass is 137 g/mol. The van der Waals surface area contributed by atoms with E-state index in [4.69, 9.17) is 0 Å². The van der Waals surface area contributed by atoms with Gasteiger partial charge in [-0.1, -0.05) is 23.8 Å². The molecule has 2 aliphatic rings. The second kappa shape index (κ2) is 3.57. The maximum absolute atomic E-state index is 2.26. The minimum atomic E-state index is 1.17. The zero-order valence-electron chi connectivity index (χ0n) is 6.80. The highest BCUT2D eigenvalue weighted by Gasteiger charge is 2.05. The van der Waals surface area contributed by atoms with E-state index in [2.05, 4.69) is 37.2 Å². The highest BCUT2D eigenvalue weighted by Crippen LogP contribution is 2.17. The van der Waals surface area contributed by atoms with Crippen LogP contribution in [0.25, 0.3) is 0 Å². The molecule has 0 N–H and O–H groups in total. The van der Waals surface area contributed by atoms with Crippen molar-refractivity contribution in [3.05, 3.63) is 23.8 Å². The molecule has 0 aliphatic heterocycles. The van der Waals surface area contributed by atoms with E-state index >= 15 is 0 Å². The van der Waals surface area contributed by atoms with E-state index in [0.29, 0.717) is 0 Å². The van der Waals surface area contributed by atoms with Crippen molar-refractivity contribution in [3.8, 4) is 0 Å². The Labute approximate surface area is 63.0 Å². The third kappa shape index (κ3) is 5.57. The molecule has 0 atom stereocenters. The minimum Gasteiger partial charge on any atom is -0.305 e. The molecule has 0 saturated heterocycles. The number of nitrogens with zero attached hydrogens (tertiary/aromatic N) is 1. The number of rotatable bonds is 2. The zero-order chi connectivity index (χ0) is 7.40. The van der Waals surface area contributed by atoms with Gasteiger partial charge in [0.05, 0.1) is 0 Å². The molecule has 2 aliphatic carbocycles. The molecule has 0 fully saturated rings. The molecule has 1 heteroatoms. The van der Waals surface area contributed by atoms with Crippen molar-refractivity contribution in [1.29, 1.82) is 0 Å². The standard InChI is InChI=1S/C6H11N.C3H4/c1-7(2)5-6-3-4-6;1-2-3-1/h3H,4-5H2,1-2H3;1-2H,3H2. The van der Waals surface area contributed by atoms with E-state index in [0.717, 1.165) is 0 Å². The van der Waals surface area contributed by atoms with Crippen LogP contribution in [0.2, 0.25) is 0 Å². The van der Waals surface area contributed by atoms with Crippen molar-refractivity contribution >= 4 is 0 Å². The fourth-order valence-electron chi connectivity index (χ4n) is 0.607. The predicted octanol–water partition coefficient (Wildman–Crippen LogP) is 1.82. The summed E-state index contributed by atoms with van der Waals surface area (Å²) in [6, 6.07) is 0. The van der Waals surface area contributed by atoms with E-state index < -0.39 is 0 Å². The lowest BCUT2D eigenvalue weighted by atomic mass is 10.5. The first-order valence-corrected chi connectivity index (χ1v) is 3.76. The number of allylic oxidation sites excluding steroid dienone is 3. The lowest BCUT2D eigenvalue weighted by Crippen LogP contribution is -2.11. The van der Waals surface area contributed by atoms with Crippen LogP contribution in [0.15, 0.2) is 23.8 Å². The highest BCUT2D eigenvalue weighted by molar-refractivity contribution is 5.22. The van der Waals surface area contributed by atoms with Gasteiger partial charge in [0.15, 0.2) is 0 Å². The van der Waals surface area contributed by atoms with Crippen molar-refractivity contribution < 1.29 is 0 Å². The van der Waals surface area contributed by atoms with Crippen molar-refractivity contribution in [2.45, 2.75) is 12.8 Å². The van der Waals surface area contributed by atoms with Gasteiger partial charge in [0.25, 0.3) is 0 Å². The van der Waals surface area contributed by atoms with E-state index in [1.807, 2.05) is 0 Å². The molecule has 0 aromatic heterocycles. The van der Waals surface area contributed by atoms with Crippen LogP contribution < -0.4 is 0 Å². The van der Waals surface area contributed by atoms with Gasteiger partial charge in [-0.25, -0.2) is 0 Å². The van der Waals surface area contributed by atoms with E-state index in [9.17, 15) is 0 Å². The lowest BCUT2D eigenvalue weighted by Gasteiger charge is -2.03. The van der Waals surface area contributed by atoms with Crippen LogP contribution in [0.1, 0.15) is 12.8 Å². The molecular weight excluding hydrogens is 122 g/mol. The first kappa shape index (κ1) is 7.55. The summed E-state index contributed by atoms with van der Waals surface area (Å²) < 4.78 is 0. The molecule has 2 rings (SSSR count). The van der Waals surface area contributed by atoms with Gasteiger partial charge in [-0.3, -0.25) is 0 Å². The molecule has 0 heterocycles. The third-order valence-electron chi connectivity index (χ3n) is 1.25. The molecule has 0 spiro atoms. The summed E-state index contributed by atoms with van der Waals surface area (Å²) in [5.74, 6) is 0. The average Bonchev–Trinajstić information content (AvgIpc) is 2.62. The molecule has 10 heavy (non-hydrogen) atoms. The Morgan fingerprint density at radius 3 is 2.00 bits per heavy atom. The molecule has 56 valence electrons. The summed E-state index contributed by atoms with van der Waals surface area (Å²) in [5, 5.41) is 0. The summed E-state index contributed by atoms with van der Waals surface area (Å²) >= 11 is 0. The van der Waals surface area contributed by atoms with Crippen LogP contribution in [0.3, 0.4) is 0 Å². The van der Waals surface area contributed by atoms with Gasteiger partial charge in [0.2, 0.25) is 0 Å². The Balaban J connectivity index is 0.000000138. The van der Waals surface area contributed by atoms with Crippen LogP contribution in [0.4, 0.5) is 0 Å². The van der Waals surface area contributed by atoms with Gasteiger partial charge < -0.3 is 4.90 Å². The molecule has 0 bridgehead atoms. The molecule has 1 nitrogen and oxygen atoms in total. The number of likely N-dealkylation sites (N-methyl/N-ethyl adjacent to an activating group) is 1. The zero-order valence-corrected chi connectivity index (χ0v) is 6.80. The Kier molecular flexibility index (Phi) is 2.69. The minimum absolute atomic E-state index is 1.17. The predicted molar refractivity (Wildman–Crippen MR) is 45.0 cm³/mol. The fourth-order valence-corrected chi connectivity index (χ4v) is 0.607. The Hall–Kier alpha value is -0.560. The molecule has 0 aromatic carbocycles. The van der Waals surface area contributed by atoms with Gasteiger partial charge in [0, 0.05) is 6.54 Å². The summed E-state index contributed by atoms with van der Waals surface area (Å²) in [6.07, 6.45) is 9.03. The Morgan fingerprint density at radius 2 is 1.90 bits per heavy atom. The van der Waals surface area contributed by atoms with Gasteiger partial charge in [-0.2, -0.15) is 0 Å². The fraction of sp³-hybridized carbons (Fsp3) is 0.556. The van der Waals surface area contributed by atoms with Crippen LogP contribution in [-0.4, -0.2) is 25.5 Å². The summed E-state index contributed by atoms with van der Waals surface area (Å²) in [5.41, 5.74) is 1.59. The van der Waals surface area contributed by atoms with Crippen LogP contribution in [0.5, 0.6) is 0 Å². The summed E-state index contributed by atoms with van der Waals surface area (Å²) in [7, 11) is 4.19. The molecule has 0 unspecified atom stereocenters. The SMILES string of the molecule is C1=CC1.CN(C)CC1=CC1. The first-order valence-electron chi connectivity index (χ1n) is 3.76. The molecule has 0 aromatic rings.